The molecule has 1 aliphatic carbocycles. The molecule has 19 heavy (non-hydrogen) atoms. The molecule has 1 heterocycles. The summed E-state index contributed by atoms with van der Waals surface area (Å²) >= 11 is 3.62. The van der Waals surface area contributed by atoms with Gasteiger partial charge in [0.1, 0.15) is 0 Å². The number of rotatable bonds is 4. The number of aromatic nitrogens is 1. The highest BCUT2D eigenvalue weighted by molar-refractivity contribution is 9.10. The van der Waals surface area contributed by atoms with Gasteiger partial charge >= 0.3 is 0 Å². The zero-order chi connectivity index (χ0) is 13.3. The van der Waals surface area contributed by atoms with Crippen LogP contribution in [-0.2, 0) is 12.1 Å². The predicted octanol–water partition coefficient (Wildman–Crippen LogP) is 3.93. The summed E-state index contributed by atoms with van der Waals surface area (Å²) in [6.07, 6.45) is 4.29. The average Bonchev–Trinajstić information content (AvgIpc) is 3.23. The monoisotopic (exact) mass is 316 g/mol. The lowest BCUT2D eigenvalue weighted by Gasteiger charge is -2.18. The van der Waals surface area contributed by atoms with E-state index in [0.29, 0.717) is 0 Å². The Kier molecular flexibility index (Phi) is 3.42. The molecule has 3 heteroatoms. The fourth-order valence-corrected chi connectivity index (χ4v) is 2.80. The molecule has 0 aliphatic heterocycles. The zero-order valence-electron chi connectivity index (χ0n) is 11.0. The molecule has 0 atom stereocenters. The Hall–Kier alpha value is -1.19. The maximum absolute atomic E-state index is 4.45. The van der Waals surface area contributed by atoms with E-state index in [2.05, 4.69) is 63.5 Å². The minimum atomic E-state index is 0.173. The molecule has 1 aliphatic rings. The Morgan fingerprint density at radius 1 is 1.21 bits per heavy atom. The lowest BCUT2D eigenvalue weighted by molar-refractivity contribution is 0.512. The Morgan fingerprint density at radius 3 is 2.63 bits per heavy atom. The van der Waals surface area contributed by atoms with Crippen LogP contribution in [-0.4, -0.2) is 4.98 Å². The van der Waals surface area contributed by atoms with Crippen molar-refractivity contribution in [1.82, 2.24) is 10.3 Å². The molecular formula is C16H17BrN2. The van der Waals surface area contributed by atoms with E-state index in [1.54, 1.807) is 0 Å². The first-order valence-electron chi connectivity index (χ1n) is 6.62. The van der Waals surface area contributed by atoms with Crippen LogP contribution in [0.3, 0.4) is 0 Å². The smallest absolute Gasteiger partial charge is 0.0686 e. The van der Waals surface area contributed by atoms with Gasteiger partial charge in [-0.15, -0.1) is 0 Å². The first-order chi connectivity index (χ1) is 9.21. The average molecular weight is 317 g/mol. The maximum atomic E-state index is 4.45. The van der Waals surface area contributed by atoms with Crippen molar-refractivity contribution in [2.75, 3.05) is 0 Å². The summed E-state index contributed by atoms with van der Waals surface area (Å²) in [5.41, 5.74) is 3.88. The fourth-order valence-electron chi connectivity index (χ4n) is 2.42. The lowest BCUT2D eigenvalue weighted by Crippen LogP contribution is -2.28. The van der Waals surface area contributed by atoms with E-state index in [9.17, 15) is 0 Å². The minimum Gasteiger partial charge on any atom is -0.302 e. The van der Waals surface area contributed by atoms with Gasteiger partial charge in [-0.2, -0.15) is 0 Å². The van der Waals surface area contributed by atoms with Crippen LogP contribution in [0.1, 0.15) is 29.7 Å². The summed E-state index contributed by atoms with van der Waals surface area (Å²) < 4.78 is 1.12. The van der Waals surface area contributed by atoms with Crippen LogP contribution in [0.5, 0.6) is 0 Å². The van der Waals surface area contributed by atoms with E-state index in [4.69, 9.17) is 0 Å². The van der Waals surface area contributed by atoms with Gasteiger partial charge in [-0.1, -0.05) is 30.3 Å². The molecule has 0 unspecified atom stereocenters. The summed E-state index contributed by atoms with van der Waals surface area (Å²) in [5.74, 6) is 0. The Balaban J connectivity index is 1.75. The van der Waals surface area contributed by atoms with E-state index in [-0.39, 0.29) is 5.54 Å². The highest BCUT2D eigenvalue weighted by Gasteiger charge is 2.43. The van der Waals surface area contributed by atoms with Crippen LogP contribution < -0.4 is 5.32 Å². The van der Waals surface area contributed by atoms with E-state index < -0.39 is 0 Å². The summed E-state index contributed by atoms with van der Waals surface area (Å²) in [6.45, 7) is 2.90. The summed E-state index contributed by atoms with van der Waals surface area (Å²) in [5, 5.41) is 3.68. The van der Waals surface area contributed by atoms with E-state index >= 15 is 0 Å². The van der Waals surface area contributed by atoms with Gasteiger partial charge in [0.25, 0.3) is 0 Å². The zero-order valence-corrected chi connectivity index (χ0v) is 12.6. The number of nitrogens with zero attached hydrogens (tertiary/aromatic N) is 1. The quantitative estimate of drug-likeness (QED) is 0.924. The van der Waals surface area contributed by atoms with Crippen molar-refractivity contribution in [2.24, 2.45) is 0 Å². The van der Waals surface area contributed by atoms with Crippen molar-refractivity contribution in [3.05, 3.63) is 63.9 Å². The number of benzene rings is 1. The normalized spacial score (nSPS) is 16.3. The second-order valence-electron chi connectivity index (χ2n) is 5.19. The van der Waals surface area contributed by atoms with Crippen LogP contribution >= 0.6 is 15.9 Å². The van der Waals surface area contributed by atoms with Crippen molar-refractivity contribution in [2.45, 2.75) is 31.8 Å². The van der Waals surface area contributed by atoms with Crippen LogP contribution in [0, 0.1) is 6.92 Å². The number of hydrogen-bond donors (Lipinski definition) is 1. The van der Waals surface area contributed by atoms with Gasteiger partial charge in [-0.05, 0) is 52.9 Å². The van der Waals surface area contributed by atoms with Crippen LogP contribution in [0.15, 0.2) is 47.1 Å². The summed E-state index contributed by atoms with van der Waals surface area (Å²) in [4.78, 5) is 4.45. The molecule has 0 bridgehead atoms. The van der Waals surface area contributed by atoms with Gasteiger partial charge < -0.3 is 5.32 Å². The molecule has 2 nitrogen and oxygen atoms in total. The maximum Gasteiger partial charge on any atom is 0.0686 e. The molecule has 1 saturated carbocycles. The Morgan fingerprint density at radius 2 is 1.95 bits per heavy atom. The molecular weight excluding hydrogens is 300 g/mol. The van der Waals surface area contributed by atoms with Gasteiger partial charge in [0.15, 0.2) is 0 Å². The highest BCUT2D eigenvalue weighted by Crippen LogP contribution is 2.45. The molecule has 1 fully saturated rings. The van der Waals surface area contributed by atoms with E-state index in [1.165, 1.54) is 24.0 Å². The lowest BCUT2D eigenvalue weighted by atomic mass is 10.0. The first kappa shape index (κ1) is 12.8. The molecule has 0 spiro atoms. The minimum absolute atomic E-state index is 0.173. The third-order valence-electron chi connectivity index (χ3n) is 3.83. The number of nitrogens with one attached hydrogen (secondary N) is 1. The third-order valence-corrected chi connectivity index (χ3v) is 4.91. The molecule has 98 valence electrons. The summed E-state index contributed by atoms with van der Waals surface area (Å²) in [6, 6.07) is 12.7. The van der Waals surface area contributed by atoms with Gasteiger partial charge in [0.2, 0.25) is 0 Å². The second kappa shape index (κ2) is 5.06. The van der Waals surface area contributed by atoms with Crippen molar-refractivity contribution in [1.29, 1.82) is 0 Å². The standard InChI is InChI=1S/C16H17BrN2/c1-12-7-10-18-14(15(12)17)11-19-16(8-9-16)13-5-3-2-4-6-13/h2-7,10,19H,8-9,11H2,1H3. The van der Waals surface area contributed by atoms with Gasteiger partial charge in [0, 0.05) is 22.8 Å². The highest BCUT2D eigenvalue weighted by atomic mass is 79.9. The number of aryl methyl sites for hydroxylation is 1. The van der Waals surface area contributed by atoms with Gasteiger partial charge in [0.05, 0.1) is 5.69 Å². The van der Waals surface area contributed by atoms with Crippen LogP contribution in [0.4, 0.5) is 0 Å². The first-order valence-corrected chi connectivity index (χ1v) is 7.41. The van der Waals surface area contributed by atoms with Crippen molar-refractivity contribution in [3.8, 4) is 0 Å². The molecule has 1 aromatic heterocycles. The number of pyridine rings is 1. The third kappa shape index (κ3) is 2.58. The van der Waals surface area contributed by atoms with E-state index in [1.807, 2.05) is 12.3 Å². The Bertz CT molecular complexity index is 577. The van der Waals surface area contributed by atoms with Crippen molar-refractivity contribution < 1.29 is 0 Å². The molecule has 0 amide bonds. The van der Waals surface area contributed by atoms with Crippen LogP contribution in [0.25, 0.3) is 0 Å². The molecule has 2 aromatic rings. The van der Waals surface area contributed by atoms with Crippen LogP contribution in [0.2, 0.25) is 0 Å². The van der Waals surface area contributed by atoms with E-state index in [0.717, 1.165) is 16.7 Å². The number of hydrogen-bond acceptors (Lipinski definition) is 2. The second-order valence-corrected chi connectivity index (χ2v) is 5.98. The number of halogens is 1. The topological polar surface area (TPSA) is 24.9 Å². The fraction of sp³-hybridized carbons (Fsp3) is 0.312. The van der Waals surface area contributed by atoms with Crippen molar-refractivity contribution in [3.63, 3.8) is 0 Å². The molecule has 0 radical (unpaired) electrons. The Labute approximate surface area is 122 Å². The van der Waals surface area contributed by atoms with Gasteiger partial charge in [-0.25, -0.2) is 0 Å². The van der Waals surface area contributed by atoms with Gasteiger partial charge in [-0.3, -0.25) is 4.98 Å². The SMILES string of the molecule is Cc1ccnc(CNC2(c3ccccc3)CC2)c1Br. The summed E-state index contributed by atoms with van der Waals surface area (Å²) in [7, 11) is 0. The van der Waals surface area contributed by atoms with Crippen molar-refractivity contribution >= 4 is 15.9 Å². The molecule has 3 rings (SSSR count). The molecule has 1 aromatic carbocycles. The molecule has 0 saturated heterocycles. The molecule has 1 N–H and O–H groups in total. The predicted molar refractivity (Wildman–Crippen MR) is 80.9 cm³/mol. The largest absolute Gasteiger partial charge is 0.302 e.